The largest absolute Gasteiger partial charge is 0.380 e. The summed E-state index contributed by atoms with van der Waals surface area (Å²) >= 11 is 0. The summed E-state index contributed by atoms with van der Waals surface area (Å²) in [7, 11) is 0. The maximum atomic E-state index is 5.44. The van der Waals surface area contributed by atoms with Crippen molar-refractivity contribution in [3.05, 3.63) is 12.2 Å². The molecule has 1 fully saturated rings. The van der Waals surface area contributed by atoms with Gasteiger partial charge in [0.1, 0.15) is 12.2 Å². The molecule has 0 bridgehead atoms. The van der Waals surface area contributed by atoms with Crippen molar-refractivity contribution in [3.8, 4) is 0 Å². The number of hydrogen-bond donors (Lipinski definition) is 1. The molecule has 5 heteroatoms. The second kappa shape index (κ2) is 6.12. The van der Waals surface area contributed by atoms with E-state index in [0.717, 1.165) is 32.0 Å². The van der Waals surface area contributed by atoms with Gasteiger partial charge in [0.05, 0.1) is 6.61 Å². The van der Waals surface area contributed by atoms with Crippen LogP contribution in [0, 0.1) is 0 Å². The smallest absolute Gasteiger partial charge is 0.134 e. The fourth-order valence-corrected chi connectivity index (χ4v) is 2.17. The van der Waals surface area contributed by atoms with Crippen LogP contribution in [-0.2, 0) is 11.2 Å². The molecule has 0 spiro atoms. The lowest BCUT2D eigenvalue weighted by molar-refractivity contribution is 0.0706. The van der Waals surface area contributed by atoms with Crippen molar-refractivity contribution in [2.45, 2.75) is 45.2 Å². The highest BCUT2D eigenvalue weighted by Gasteiger charge is 2.13. The zero-order valence-electron chi connectivity index (χ0n) is 10.7. The first-order valence-electron chi connectivity index (χ1n) is 6.47. The first-order chi connectivity index (χ1) is 8.27. The predicted octanol–water partition coefficient (Wildman–Crippen LogP) is 1.17. The molecular weight excluding hydrogens is 216 g/mol. The van der Waals surface area contributed by atoms with Crippen molar-refractivity contribution < 1.29 is 4.74 Å². The van der Waals surface area contributed by atoms with E-state index in [1.807, 2.05) is 6.33 Å². The van der Waals surface area contributed by atoms with Crippen molar-refractivity contribution in [2.75, 3.05) is 19.8 Å². The van der Waals surface area contributed by atoms with E-state index in [4.69, 9.17) is 4.74 Å². The molecule has 2 rings (SSSR count). The summed E-state index contributed by atoms with van der Waals surface area (Å²) < 4.78 is 7.56. The van der Waals surface area contributed by atoms with Crippen molar-refractivity contribution >= 4 is 0 Å². The molecule has 17 heavy (non-hydrogen) atoms. The molecule has 1 aromatic rings. The molecule has 96 valence electrons. The minimum Gasteiger partial charge on any atom is -0.380 e. The van der Waals surface area contributed by atoms with Crippen molar-refractivity contribution in [3.63, 3.8) is 0 Å². The Hall–Kier alpha value is -0.940. The Bertz CT molecular complexity index is 331. The lowest BCUT2D eigenvalue weighted by Gasteiger charge is -2.23. The van der Waals surface area contributed by atoms with Crippen LogP contribution in [0.5, 0.6) is 0 Å². The number of nitrogens with one attached hydrogen (secondary N) is 1. The van der Waals surface area contributed by atoms with Crippen molar-refractivity contribution in [1.82, 2.24) is 20.1 Å². The number of hydrogen-bond acceptors (Lipinski definition) is 4. The maximum Gasteiger partial charge on any atom is 0.134 e. The van der Waals surface area contributed by atoms with Crippen LogP contribution >= 0.6 is 0 Å². The van der Waals surface area contributed by atoms with Crippen molar-refractivity contribution in [2.24, 2.45) is 0 Å². The normalized spacial score (nSPS) is 21.0. The van der Waals surface area contributed by atoms with Crippen LogP contribution in [-0.4, -0.2) is 40.6 Å². The molecule has 1 atom stereocenters. The van der Waals surface area contributed by atoms with E-state index in [0.29, 0.717) is 12.1 Å². The van der Waals surface area contributed by atoms with E-state index in [-0.39, 0.29) is 0 Å². The van der Waals surface area contributed by atoms with Gasteiger partial charge in [-0.25, -0.2) is 0 Å². The van der Waals surface area contributed by atoms with Crippen LogP contribution in [0.3, 0.4) is 0 Å². The molecular formula is C12H22N4O. The SMILES string of the molecule is CC(C)n1cnnc1CCNC1CCCOC1. The fraction of sp³-hybridized carbons (Fsp3) is 0.833. The quantitative estimate of drug-likeness (QED) is 0.836. The van der Waals surface area contributed by atoms with Gasteiger partial charge in [-0.15, -0.1) is 10.2 Å². The molecule has 5 nitrogen and oxygen atoms in total. The van der Waals surface area contributed by atoms with Gasteiger partial charge in [-0.2, -0.15) is 0 Å². The van der Waals surface area contributed by atoms with Crippen molar-refractivity contribution in [1.29, 1.82) is 0 Å². The first kappa shape index (κ1) is 12.5. The summed E-state index contributed by atoms with van der Waals surface area (Å²) in [6.45, 7) is 7.00. The molecule has 0 aliphatic carbocycles. The van der Waals surface area contributed by atoms with E-state index >= 15 is 0 Å². The summed E-state index contributed by atoms with van der Waals surface area (Å²) in [5.41, 5.74) is 0. The molecule has 1 N–H and O–H groups in total. The minimum absolute atomic E-state index is 0.429. The monoisotopic (exact) mass is 238 g/mol. The van der Waals surface area contributed by atoms with Crippen LogP contribution in [0.2, 0.25) is 0 Å². The Morgan fingerprint density at radius 3 is 3.18 bits per heavy atom. The molecule has 1 unspecified atom stereocenters. The zero-order valence-corrected chi connectivity index (χ0v) is 10.7. The molecule has 0 amide bonds. The third-order valence-corrected chi connectivity index (χ3v) is 3.15. The highest BCUT2D eigenvalue weighted by molar-refractivity contribution is 4.89. The first-order valence-corrected chi connectivity index (χ1v) is 6.47. The number of rotatable bonds is 5. The standard InChI is InChI=1S/C12H22N4O/c1-10(2)16-9-14-15-12(16)5-6-13-11-4-3-7-17-8-11/h9-11,13H,3-8H2,1-2H3. The van der Waals surface area contributed by atoms with E-state index in [2.05, 4.69) is 33.9 Å². The Kier molecular flexibility index (Phi) is 4.50. The lowest BCUT2D eigenvalue weighted by Crippen LogP contribution is -2.38. The Balaban J connectivity index is 1.75. The summed E-state index contributed by atoms with van der Waals surface area (Å²) in [5.74, 6) is 1.06. The van der Waals surface area contributed by atoms with Gasteiger partial charge in [0.15, 0.2) is 0 Å². The molecule has 1 aromatic heterocycles. The average Bonchev–Trinajstić information content (AvgIpc) is 2.79. The summed E-state index contributed by atoms with van der Waals surface area (Å²) in [5, 5.41) is 11.7. The fourth-order valence-electron chi connectivity index (χ4n) is 2.17. The third-order valence-electron chi connectivity index (χ3n) is 3.15. The Labute approximate surface area is 103 Å². The number of aromatic nitrogens is 3. The minimum atomic E-state index is 0.429. The van der Waals surface area contributed by atoms with Gasteiger partial charge < -0.3 is 14.6 Å². The molecule has 1 aliphatic heterocycles. The van der Waals surface area contributed by atoms with E-state index in [1.54, 1.807) is 0 Å². The van der Waals surface area contributed by atoms with Gasteiger partial charge in [0.2, 0.25) is 0 Å². The predicted molar refractivity (Wildman–Crippen MR) is 66.0 cm³/mol. The maximum absolute atomic E-state index is 5.44. The van der Waals surface area contributed by atoms with Gasteiger partial charge in [0.25, 0.3) is 0 Å². The highest BCUT2D eigenvalue weighted by atomic mass is 16.5. The van der Waals surface area contributed by atoms with E-state index < -0.39 is 0 Å². The molecule has 0 saturated carbocycles. The van der Waals surface area contributed by atoms with Gasteiger partial charge >= 0.3 is 0 Å². The second-order valence-electron chi connectivity index (χ2n) is 4.87. The molecule has 0 aromatic carbocycles. The molecule has 0 radical (unpaired) electrons. The summed E-state index contributed by atoms with van der Waals surface area (Å²) in [6.07, 6.45) is 5.12. The van der Waals surface area contributed by atoms with Gasteiger partial charge in [-0.3, -0.25) is 0 Å². The zero-order chi connectivity index (χ0) is 12.1. The number of nitrogens with zero attached hydrogens (tertiary/aromatic N) is 3. The number of ether oxygens (including phenoxy) is 1. The van der Waals surface area contributed by atoms with Crippen LogP contribution in [0.25, 0.3) is 0 Å². The topological polar surface area (TPSA) is 52.0 Å². The molecule has 2 heterocycles. The average molecular weight is 238 g/mol. The Morgan fingerprint density at radius 1 is 1.59 bits per heavy atom. The Morgan fingerprint density at radius 2 is 2.47 bits per heavy atom. The molecule has 1 aliphatic rings. The van der Waals surface area contributed by atoms with Gasteiger partial charge in [-0.05, 0) is 26.7 Å². The van der Waals surface area contributed by atoms with E-state index in [1.165, 1.54) is 12.8 Å². The van der Waals surface area contributed by atoms with Gasteiger partial charge in [0, 0.05) is 31.7 Å². The van der Waals surface area contributed by atoms with Crippen LogP contribution < -0.4 is 5.32 Å². The van der Waals surface area contributed by atoms with Crippen LogP contribution in [0.15, 0.2) is 6.33 Å². The highest BCUT2D eigenvalue weighted by Crippen LogP contribution is 2.08. The van der Waals surface area contributed by atoms with Crippen LogP contribution in [0.4, 0.5) is 0 Å². The lowest BCUT2D eigenvalue weighted by atomic mass is 10.1. The van der Waals surface area contributed by atoms with Crippen LogP contribution in [0.1, 0.15) is 38.6 Å². The molecule has 1 saturated heterocycles. The second-order valence-corrected chi connectivity index (χ2v) is 4.87. The van der Waals surface area contributed by atoms with Gasteiger partial charge in [-0.1, -0.05) is 0 Å². The summed E-state index contributed by atoms with van der Waals surface area (Å²) in [4.78, 5) is 0. The third kappa shape index (κ3) is 3.51. The van der Waals surface area contributed by atoms with E-state index in [9.17, 15) is 0 Å². The summed E-state index contributed by atoms with van der Waals surface area (Å²) in [6, 6.07) is 0.942.